The van der Waals surface area contributed by atoms with Gasteiger partial charge in [0.15, 0.2) is 0 Å². The zero-order chi connectivity index (χ0) is 64.8. The maximum absolute atomic E-state index is 2.62. The van der Waals surface area contributed by atoms with Gasteiger partial charge in [0, 0.05) is 113 Å². The van der Waals surface area contributed by atoms with Gasteiger partial charge in [-0.1, -0.05) is 212 Å². The first-order chi connectivity index (χ1) is 49.2. The van der Waals surface area contributed by atoms with Crippen molar-refractivity contribution in [3.8, 4) is 0 Å². The van der Waals surface area contributed by atoms with E-state index in [4.69, 9.17) is 0 Å². The van der Waals surface area contributed by atoms with E-state index in [1.807, 2.05) is 0 Å². The highest BCUT2D eigenvalue weighted by Gasteiger charge is 2.47. The molecular weight excluding hydrogens is 1200 g/mol. The van der Waals surface area contributed by atoms with Crippen LogP contribution in [0, 0.1) is 0 Å². The minimum Gasteiger partial charge on any atom is -0.311 e. The summed E-state index contributed by atoms with van der Waals surface area (Å²) in [6, 6.07) is 133. The molecule has 0 spiro atoms. The molecule has 460 valence electrons. The lowest BCUT2D eigenvalue weighted by Gasteiger charge is -2.45. The van der Waals surface area contributed by atoms with Crippen molar-refractivity contribution < 1.29 is 0 Å². The van der Waals surface area contributed by atoms with Crippen LogP contribution in [0.3, 0.4) is 0 Å². The van der Waals surface area contributed by atoms with E-state index >= 15 is 0 Å². The number of hydrogen-bond acceptors (Lipinski definition) is 6. The van der Waals surface area contributed by atoms with Crippen LogP contribution < -0.4 is 62.2 Å². The van der Waals surface area contributed by atoms with E-state index in [9.17, 15) is 0 Å². The molecule has 15 aromatic carbocycles. The standard InChI is InChI=1S/C90H59B2N7/c1-9-30-60(31-10-1)93(61-32-11-2-12-33-61)68-52-84-88-86(54-68)97(66-42-21-7-22-43-66)82-58-80-72(56-76(82)91(88)74-48-25-27-50-78(74)95(84)64-38-17-5-18-39-64)70-46-29-47-71-73-57-77-83(59-81(73)99(80)90(70)71)98(67-44-23-8-24-45-67)87-55-69(94(62-34-13-3-14-35-62)63-36-15-4-16-37-63)53-85-89(87)92(77)75-49-26-28-51-79(75)96(85)65-40-19-6-20-41-65/h1-59H. The van der Waals surface area contributed by atoms with Crippen LogP contribution in [0.25, 0.3) is 38.1 Å². The molecule has 0 amide bonds. The molecule has 21 rings (SSSR count). The molecule has 0 radical (unpaired) electrons. The number of fused-ring (bicyclic) bond motifs is 14. The van der Waals surface area contributed by atoms with Gasteiger partial charge >= 0.3 is 0 Å². The Morgan fingerprint density at radius 2 is 0.485 bits per heavy atom. The summed E-state index contributed by atoms with van der Waals surface area (Å²) in [6.07, 6.45) is 0. The van der Waals surface area contributed by atoms with Crippen molar-refractivity contribution >= 4 is 187 Å². The molecule has 0 saturated heterocycles. The summed E-state index contributed by atoms with van der Waals surface area (Å²) in [5.41, 5.74) is 31.2. The molecule has 0 fully saturated rings. The van der Waals surface area contributed by atoms with Crippen molar-refractivity contribution in [3.05, 3.63) is 358 Å². The molecule has 0 bridgehead atoms. The van der Waals surface area contributed by atoms with Gasteiger partial charge in [0.05, 0.1) is 27.9 Å². The Labute approximate surface area is 574 Å². The molecule has 9 heteroatoms. The maximum atomic E-state index is 2.62. The van der Waals surface area contributed by atoms with Crippen molar-refractivity contribution in [3.63, 3.8) is 0 Å². The van der Waals surface area contributed by atoms with Crippen molar-refractivity contribution in [2.75, 3.05) is 29.4 Å². The molecule has 7 nitrogen and oxygen atoms in total. The second-order valence-electron chi connectivity index (χ2n) is 26.4. The average Bonchev–Trinajstić information content (AvgIpc) is 1.64. The smallest absolute Gasteiger partial charge is 0.252 e. The summed E-state index contributed by atoms with van der Waals surface area (Å²) >= 11 is 0. The fourth-order valence-corrected chi connectivity index (χ4v) is 17.2. The van der Waals surface area contributed by atoms with Crippen LogP contribution in [-0.4, -0.2) is 17.8 Å². The van der Waals surface area contributed by atoms with E-state index in [1.54, 1.807) is 0 Å². The highest BCUT2D eigenvalue weighted by atomic mass is 15.2. The monoisotopic (exact) mass is 1260 g/mol. The van der Waals surface area contributed by atoms with Gasteiger partial charge in [-0.15, -0.1) is 0 Å². The predicted molar refractivity (Wildman–Crippen MR) is 419 cm³/mol. The minimum absolute atomic E-state index is 0.115. The Balaban J connectivity index is 0.853. The van der Waals surface area contributed by atoms with Crippen molar-refractivity contribution in [1.82, 2.24) is 4.40 Å². The number of aromatic nitrogens is 1. The van der Waals surface area contributed by atoms with Crippen LogP contribution in [0.15, 0.2) is 358 Å². The molecule has 2 aromatic heterocycles. The third-order valence-electron chi connectivity index (χ3n) is 21.1. The first-order valence-electron chi connectivity index (χ1n) is 34.2. The van der Waals surface area contributed by atoms with Gasteiger partial charge in [0.1, 0.15) is 0 Å². The van der Waals surface area contributed by atoms with Gasteiger partial charge in [-0.05, 0) is 178 Å². The second-order valence-corrected chi connectivity index (χ2v) is 26.4. The number of para-hydroxylation sites is 11. The third kappa shape index (κ3) is 8.22. The molecule has 4 aliphatic rings. The molecule has 4 aliphatic heterocycles. The molecule has 0 saturated carbocycles. The zero-order valence-corrected chi connectivity index (χ0v) is 53.8. The first-order valence-corrected chi connectivity index (χ1v) is 34.2. The normalized spacial score (nSPS) is 13.1. The lowest BCUT2D eigenvalue weighted by Crippen LogP contribution is -2.61. The number of benzene rings is 15. The lowest BCUT2D eigenvalue weighted by molar-refractivity contribution is 1.22. The van der Waals surface area contributed by atoms with E-state index in [0.717, 1.165) is 102 Å². The van der Waals surface area contributed by atoms with Crippen LogP contribution in [-0.2, 0) is 0 Å². The molecular formula is C90H59B2N7. The number of rotatable bonds is 10. The van der Waals surface area contributed by atoms with Crippen LogP contribution in [0.2, 0.25) is 0 Å². The van der Waals surface area contributed by atoms with Crippen LogP contribution in [0.1, 0.15) is 0 Å². The van der Waals surface area contributed by atoms with E-state index in [1.165, 1.54) is 71.2 Å². The Hall–Kier alpha value is -13.0. The summed E-state index contributed by atoms with van der Waals surface area (Å²) in [5.74, 6) is 0. The van der Waals surface area contributed by atoms with Crippen LogP contribution >= 0.6 is 0 Å². The highest BCUT2D eigenvalue weighted by Crippen LogP contribution is 2.53. The van der Waals surface area contributed by atoms with Gasteiger partial charge in [0.25, 0.3) is 13.4 Å². The number of hydrogen-bond donors (Lipinski definition) is 0. The molecule has 0 unspecified atom stereocenters. The molecule has 99 heavy (non-hydrogen) atoms. The minimum atomic E-state index is -0.115. The largest absolute Gasteiger partial charge is 0.311 e. The van der Waals surface area contributed by atoms with Crippen LogP contribution in [0.4, 0.5) is 102 Å². The average molecular weight is 1260 g/mol. The van der Waals surface area contributed by atoms with Gasteiger partial charge in [0.2, 0.25) is 0 Å². The SMILES string of the molecule is c1ccc(N(c2ccccc2)c2cc3c4c(c2)N(c2ccccc2)c2cc5c(cc2B4c2ccccc2N3c2ccccc2)c2cccc3c4cc6c(cc4n5c23)N(c2ccccc2)c2cc(N(c3ccccc3)c3ccccc3)cc3c2B6c2ccccc2N3c2ccccc2)cc1. The summed E-state index contributed by atoms with van der Waals surface area (Å²) < 4.78 is 2.62. The van der Waals surface area contributed by atoms with Gasteiger partial charge < -0.3 is 33.8 Å². The lowest BCUT2D eigenvalue weighted by atomic mass is 9.33. The van der Waals surface area contributed by atoms with E-state index in [0.29, 0.717) is 0 Å². The molecule has 6 heterocycles. The second kappa shape index (κ2) is 21.8. The summed E-state index contributed by atoms with van der Waals surface area (Å²) in [7, 11) is 0. The van der Waals surface area contributed by atoms with E-state index in [-0.39, 0.29) is 13.4 Å². The Morgan fingerprint density at radius 3 is 0.808 bits per heavy atom. The summed E-state index contributed by atoms with van der Waals surface area (Å²) in [6.45, 7) is -0.231. The van der Waals surface area contributed by atoms with Crippen molar-refractivity contribution in [2.24, 2.45) is 0 Å². The Kier molecular flexibility index (Phi) is 12.2. The predicted octanol–water partition coefficient (Wildman–Crippen LogP) is 19.9. The van der Waals surface area contributed by atoms with Crippen LogP contribution in [0.5, 0.6) is 0 Å². The van der Waals surface area contributed by atoms with E-state index in [2.05, 4.69) is 392 Å². The Bertz CT molecular complexity index is 5580. The highest BCUT2D eigenvalue weighted by molar-refractivity contribution is 7.01. The fourth-order valence-electron chi connectivity index (χ4n) is 17.2. The molecule has 17 aromatic rings. The maximum Gasteiger partial charge on any atom is 0.252 e. The number of nitrogens with zero attached hydrogens (tertiary/aromatic N) is 7. The van der Waals surface area contributed by atoms with Crippen molar-refractivity contribution in [1.29, 1.82) is 0 Å². The van der Waals surface area contributed by atoms with Gasteiger partial charge in [-0.25, -0.2) is 0 Å². The Morgan fingerprint density at radius 1 is 0.202 bits per heavy atom. The number of anilines is 18. The third-order valence-corrected chi connectivity index (χ3v) is 21.1. The first kappa shape index (κ1) is 55.3. The molecule has 0 N–H and O–H groups in total. The van der Waals surface area contributed by atoms with Crippen molar-refractivity contribution in [2.45, 2.75) is 0 Å². The van der Waals surface area contributed by atoms with Gasteiger partial charge in [-0.2, -0.15) is 0 Å². The fraction of sp³-hybridized carbons (Fsp3) is 0. The van der Waals surface area contributed by atoms with E-state index < -0.39 is 0 Å². The topological polar surface area (TPSA) is 23.9 Å². The summed E-state index contributed by atoms with van der Waals surface area (Å²) in [5, 5.41) is 4.94. The molecule has 0 aliphatic carbocycles. The quantitative estimate of drug-likeness (QED) is 0.127. The zero-order valence-electron chi connectivity index (χ0n) is 53.8. The van der Waals surface area contributed by atoms with Gasteiger partial charge in [-0.3, -0.25) is 0 Å². The summed E-state index contributed by atoms with van der Waals surface area (Å²) in [4.78, 5) is 15.0. The molecule has 0 atom stereocenters.